The highest BCUT2D eigenvalue weighted by atomic mass is 16.5. The van der Waals surface area contributed by atoms with E-state index in [0.717, 1.165) is 49.7 Å². The van der Waals surface area contributed by atoms with E-state index in [9.17, 15) is 10.2 Å². The molecule has 0 bridgehead atoms. The number of aromatic hydroxyl groups is 1. The Labute approximate surface area is 247 Å². The molecule has 1 saturated carbocycles. The molecular weight excluding hydrogens is 514 g/mol. The average Bonchev–Trinajstić information content (AvgIpc) is 3.75. The van der Waals surface area contributed by atoms with Gasteiger partial charge in [-0.2, -0.15) is 12.5 Å². The van der Waals surface area contributed by atoms with E-state index in [4.69, 9.17) is 14.5 Å². The second-order valence-corrected chi connectivity index (χ2v) is 11.8. The summed E-state index contributed by atoms with van der Waals surface area (Å²) in [4.78, 5) is 4.82. The van der Waals surface area contributed by atoms with E-state index < -0.39 is 0 Å². The van der Waals surface area contributed by atoms with Gasteiger partial charge in [0, 0.05) is 19.2 Å². The maximum Gasteiger partial charge on any atom is 0.176 e. The lowest BCUT2D eigenvalue weighted by Crippen LogP contribution is -2.38. The molecule has 0 radical (unpaired) electrons. The van der Waals surface area contributed by atoms with Gasteiger partial charge in [-0.3, -0.25) is 5.32 Å². The number of hydrogen-bond donors (Lipinski definition) is 4. The summed E-state index contributed by atoms with van der Waals surface area (Å²) in [5.41, 5.74) is 2.37. The quantitative estimate of drug-likeness (QED) is 0.171. The van der Waals surface area contributed by atoms with Gasteiger partial charge in [0.15, 0.2) is 23.8 Å². The number of nitrogens with one attached hydrogen (secondary N) is 2. The van der Waals surface area contributed by atoms with Crippen molar-refractivity contribution in [2.24, 2.45) is 16.8 Å². The Balaban J connectivity index is 1.34. The molecule has 3 aliphatic rings. The van der Waals surface area contributed by atoms with E-state index in [1.165, 1.54) is 44.1 Å². The van der Waals surface area contributed by atoms with Crippen molar-refractivity contribution in [3.05, 3.63) is 59.7 Å². The zero-order valence-electron chi connectivity index (χ0n) is 25.3. The smallest absolute Gasteiger partial charge is 0.176 e. The second-order valence-electron chi connectivity index (χ2n) is 11.8. The predicted octanol–water partition coefficient (Wildman–Crippen LogP) is 5.68. The first-order valence-electron chi connectivity index (χ1n) is 15.9. The van der Waals surface area contributed by atoms with Crippen LogP contribution in [0.2, 0.25) is 0 Å². The Bertz CT molecular complexity index is 1030. The summed E-state index contributed by atoms with van der Waals surface area (Å²) in [6, 6.07) is 6.50. The van der Waals surface area contributed by atoms with Gasteiger partial charge in [0.2, 0.25) is 0 Å². The molecule has 7 heteroatoms. The highest BCUT2D eigenvalue weighted by molar-refractivity contribution is 5.84. The molecule has 0 saturated heterocycles. The third-order valence-electron chi connectivity index (χ3n) is 8.42. The minimum atomic E-state index is -0.354. The van der Waals surface area contributed by atoms with Crippen LogP contribution in [0, 0.1) is 24.3 Å². The monoisotopic (exact) mass is 565 g/mol. The van der Waals surface area contributed by atoms with Crippen LogP contribution in [0.25, 0.3) is 0 Å². The number of allylic oxidation sites excluding steroid dienone is 1. The van der Waals surface area contributed by atoms with Crippen LogP contribution in [0.4, 0.5) is 0 Å². The van der Waals surface area contributed by atoms with Crippen LogP contribution >= 0.6 is 0 Å². The lowest BCUT2D eigenvalue weighted by atomic mass is 9.84. The van der Waals surface area contributed by atoms with Gasteiger partial charge in [-0.1, -0.05) is 57.8 Å². The van der Waals surface area contributed by atoms with E-state index in [1.807, 2.05) is 25.3 Å². The number of ether oxygens (including phenoxy) is 2. The summed E-state index contributed by atoms with van der Waals surface area (Å²) < 4.78 is 12.3. The number of aliphatic hydroxyl groups is 1. The molecule has 0 amide bonds. The molecule has 0 spiro atoms. The van der Waals surface area contributed by atoms with Gasteiger partial charge >= 0.3 is 0 Å². The first-order valence-corrected chi connectivity index (χ1v) is 15.9. The summed E-state index contributed by atoms with van der Waals surface area (Å²) in [5.74, 6) is 2.71. The average molecular weight is 566 g/mol. The first-order chi connectivity index (χ1) is 20.0. The molecule has 1 aliphatic carbocycles. The third-order valence-corrected chi connectivity index (χ3v) is 8.42. The van der Waals surface area contributed by atoms with E-state index in [1.54, 1.807) is 6.07 Å². The number of rotatable bonds is 18. The Morgan fingerprint density at radius 2 is 2.02 bits per heavy atom. The number of nitrogens with zero attached hydrogens (tertiary/aromatic N) is 1. The zero-order valence-corrected chi connectivity index (χ0v) is 25.3. The van der Waals surface area contributed by atoms with Crippen molar-refractivity contribution in [1.82, 2.24) is 10.6 Å². The number of aliphatic hydroxyl groups excluding tert-OH is 1. The molecule has 4 unspecified atom stereocenters. The van der Waals surface area contributed by atoms with Gasteiger partial charge in [-0.15, -0.1) is 4.99 Å². The molecule has 1 aromatic carbocycles. The molecule has 41 heavy (non-hydrogen) atoms. The summed E-state index contributed by atoms with van der Waals surface area (Å²) in [7, 11) is 0. The minimum absolute atomic E-state index is 0.0842. The Morgan fingerprint density at radius 1 is 1.20 bits per heavy atom. The van der Waals surface area contributed by atoms with Gasteiger partial charge in [0.1, 0.15) is 18.2 Å². The lowest BCUT2D eigenvalue weighted by molar-refractivity contribution is 0.147. The number of likely N-dealkylation sites (N-methyl/N-ethyl adjacent to an activating group) is 1. The number of benzene rings is 1. The van der Waals surface area contributed by atoms with Crippen molar-refractivity contribution in [3.63, 3.8) is 0 Å². The van der Waals surface area contributed by atoms with Crippen molar-refractivity contribution in [2.45, 2.75) is 96.8 Å². The predicted molar refractivity (Wildman–Crippen MR) is 166 cm³/mol. The molecule has 7 nitrogen and oxygen atoms in total. The molecule has 1 fully saturated rings. The molecule has 226 valence electrons. The van der Waals surface area contributed by atoms with Crippen molar-refractivity contribution in [3.8, 4) is 11.5 Å². The van der Waals surface area contributed by atoms with E-state index in [-0.39, 0.29) is 24.0 Å². The van der Waals surface area contributed by atoms with Crippen molar-refractivity contribution < 1.29 is 19.7 Å². The fourth-order valence-corrected chi connectivity index (χ4v) is 6.11. The van der Waals surface area contributed by atoms with Crippen molar-refractivity contribution >= 4 is 6.21 Å². The molecule has 1 aromatic rings. The summed E-state index contributed by atoms with van der Waals surface area (Å²) >= 11 is 0. The molecule has 4 atom stereocenters. The Morgan fingerprint density at radius 3 is 2.78 bits per heavy atom. The topological polar surface area (TPSA) is 95.3 Å². The molecule has 0 aromatic heterocycles. The van der Waals surface area contributed by atoms with Crippen LogP contribution in [0.1, 0.15) is 77.7 Å². The SMILES string of the molecule is CCCCC1[CH-]C=C(CCc2ccc(O)c(OCC(NCC)[C+]3C=C(C(CNCC(C)O)C4CCCC4)C=N3)c2)O1. The van der Waals surface area contributed by atoms with Crippen LogP contribution in [0.3, 0.4) is 0 Å². The van der Waals surface area contributed by atoms with Gasteiger partial charge in [0.05, 0.1) is 18.1 Å². The number of phenols is 1. The number of hydrogen-bond acceptors (Lipinski definition) is 7. The van der Waals surface area contributed by atoms with E-state index in [2.05, 4.69) is 43.1 Å². The van der Waals surface area contributed by atoms with Crippen molar-refractivity contribution in [2.75, 3.05) is 26.2 Å². The molecule has 4 rings (SSSR count). The number of unbranched alkanes of at least 4 members (excludes halogenated alkanes) is 1. The van der Waals surface area contributed by atoms with Crippen LogP contribution in [-0.4, -0.2) is 60.9 Å². The highest BCUT2D eigenvalue weighted by Crippen LogP contribution is 2.37. The van der Waals surface area contributed by atoms with E-state index >= 15 is 0 Å². The zero-order chi connectivity index (χ0) is 29.0. The first kappa shape index (κ1) is 31.3. The van der Waals surface area contributed by atoms with Crippen LogP contribution in [-0.2, 0) is 11.2 Å². The van der Waals surface area contributed by atoms with Crippen LogP contribution in [0.15, 0.2) is 46.7 Å². The molecular formula is C34H51N3O4. The van der Waals surface area contributed by atoms with Gasteiger partial charge in [-0.05, 0) is 62.8 Å². The maximum absolute atomic E-state index is 10.5. The number of aliphatic imine (C=N–C) groups is 1. The van der Waals surface area contributed by atoms with Gasteiger partial charge in [-0.25, -0.2) is 0 Å². The largest absolute Gasteiger partial charge is 0.592 e. The Hall–Kier alpha value is -2.61. The third kappa shape index (κ3) is 9.45. The number of aryl methyl sites for hydroxylation is 1. The fraction of sp³-hybridized carbons (Fsp3) is 0.618. The number of phenolic OH excluding ortho intramolecular Hbond substituents is 1. The summed E-state index contributed by atoms with van der Waals surface area (Å²) in [6.45, 7) is 8.72. The lowest BCUT2D eigenvalue weighted by Gasteiger charge is -2.21. The summed E-state index contributed by atoms with van der Waals surface area (Å²) in [5, 5.41) is 27.2. The van der Waals surface area contributed by atoms with Crippen molar-refractivity contribution in [1.29, 1.82) is 0 Å². The van der Waals surface area contributed by atoms with Crippen LogP contribution in [0.5, 0.6) is 11.5 Å². The van der Waals surface area contributed by atoms with E-state index in [0.29, 0.717) is 30.7 Å². The highest BCUT2D eigenvalue weighted by Gasteiger charge is 2.37. The standard InChI is InChI=1S/C34H51N3O4/c1-4-6-11-28-15-16-29(41-28)14-12-25-13-17-33(39)34(18-25)40-23-32(36-5-2)31-19-27(21-37-31)30(22-35-20-24(3)38)26-9-7-8-10-26/h13,15-19,21,24,26,28,30,32,35-36,38-39H,4-12,14,20,22-23H2,1-3H3. The minimum Gasteiger partial charge on any atom is -0.592 e. The normalized spacial score (nSPS) is 20.9. The van der Waals surface area contributed by atoms with Gasteiger partial charge < -0.3 is 25.0 Å². The Kier molecular flexibility index (Phi) is 12.3. The summed E-state index contributed by atoms with van der Waals surface area (Å²) in [6.07, 6.45) is 18.5. The fourth-order valence-electron chi connectivity index (χ4n) is 6.11. The van der Waals surface area contributed by atoms with Crippen LogP contribution < -0.4 is 15.4 Å². The molecule has 4 N–H and O–H groups in total. The maximum atomic E-state index is 10.5. The second kappa shape index (κ2) is 16.1. The molecule has 2 aliphatic heterocycles. The van der Waals surface area contributed by atoms with Gasteiger partial charge in [0.25, 0.3) is 0 Å². The molecule has 2 heterocycles.